The third kappa shape index (κ3) is 7.10. The molecule has 0 amide bonds. The van der Waals surface area contributed by atoms with Crippen LogP contribution in [0.1, 0.15) is 77.6 Å². The van der Waals surface area contributed by atoms with Gasteiger partial charge in [-0.05, 0) is 156 Å². The van der Waals surface area contributed by atoms with Gasteiger partial charge >= 0.3 is 0 Å². The van der Waals surface area contributed by atoms with Crippen molar-refractivity contribution in [3.05, 3.63) is 247 Å². The summed E-state index contributed by atoms with van der Waals surface area (Å²) in [6, 6.07) is 82.4. The van der Waals surface area contributed by atoms with Gasteiger partial charge in [0.2, 0.25) is 0 Å². The SMILES string of the molecule is CC(C)(C)c1cccc(N(c2ccc3c(c2)C(C)(C)c2c-3n3c4c5ccc(N(c6cccc(C(C)(C)C)c6)c6ccc7c(c6)oc6ccc8ccccc8c67)cc5oc4c4c5ccccc5cc2c43)c2ccc3c(c2)oc2ccc4ccccc4c23)c1. The predicted molar refractivity (Wildman–Crippen MR) is 365 cm³/mol. The van der Waals surface area contributed by atoms with Gasteiger partial charge in [-0.2, -0.15) is 0 Å². The second-order valence-corrected chi connectivity index (χ2v) is 26.9. The molecule has 0 bridgehead atoms. The molecule has 0 saturated heterocycles. The molecular formula is C81H61N3O3. The molecule has 5 heterocycles. The fourth-order valence-corrected chi connectivity index (χ4v) is 15.0. The summed E-state index contributed by atoms with van der Waals surface area (Å²) in [6.07, 6.45) is 0. The van der Waals surface area contributed by atoms with Crippen LogP contribution in [-0.4, -0.2) is 4.40 Å². The zero-order valence-electron chi connectivity index (χ0n) is 49.9. The van der Waals surface area contributed by atoms with Crippen molar-refractivity contribution in [3.63, 3.8) is 0 Å². The normalized spacial score (nSPS) is 13.6. The number of hydrogen-bond donors (Lipinski definition) is 0. The van der Waals surface area contributed by atoms with E-state index in [0.29, 0.717) is 0 Å². The van der Waals surface area contributed by atoms with Gasteiger partial charge in [-0.3, -0.25) is 0 Å². The maximum absolute atomic E-state index is 7.41. The lowest BCUT2D eigenvalue weighted by molar-refractivity contribution is 0.590. The van der Waals surface area contributed by atoms with Crippen LogP contribution in [0, 0.1) is 0 Å². The van der Waals surface area contributed by atoms with Crippen LogP contribution in [-0.2, 0) is 16.2 Å². The quantitative estimate of drug-likeness (QED) is 0.166. The maximum atomic E-state index is 7.41. The summed E-state index contributed by atoms with van der Waals surface area (Å²) in [4.78, 5) is 4.78. The third-order valence-corrected chi connectivity index (χ3v) is 19.3. The number of benzene rings is 12. The Labute approximate surface area is 503 Å². The minimum Gasteiger partial charge on any atom is -0.456 e. The van der Waals surface area contributed by atoms with Crippen molar-refractivity contribution >= 4 is 149 Å². The summed E-state index contributed by atoms with van der Waals surface area (Å²) >= 11 is 0. The summed E-state index contributed by atoms with van der Waals surface area (Å²) in [5.74, 6) is 0. The van der Waals surface area contributed by atoms with E-state index in [-0.39, 0.29) is 16.2 Å². The predicted octanol–water partition coefficient (Wildman–Crippen LogP) is 23.5. The zero-order chi connectivity index (χ0) is 58.6. The molecule has 418 valence electrons. The first-order valence-electron chi connectivity index (χ1n) is 30.5. The first-order chi connectivity index (χ1) is 42.1. The molecule has 18 rings (SSSR count). The van der Waals surface area contributed by atoms with Crippen LogP contribution >= 0.6 is 0 Å². The third-order valence-electron chi connectivity index (χ3n) is 19.3. The highest BCUT2D eigenvalue weighted by Gasteiger charge is 2.43. The van der Waals surface area contributed by atoms with Gasteiger partial charge in [0.05, 0.1) is 16.6 Å². The molecule has 87 heavy (non-hydrogen) atoms. The van der Waals surface area contributed by atoms with Gasteiger partial charge in [0, 0.05) is 95.6 Å². The molecule has 1 aliphatic carbocycles. The molecule has 17 aromatic rings. The van der Waals surface area contributed by atoms with Crippen molar-refractivity contribution in [2.45, 2.75) is 71.6 Å². The Morgan fingerprint density at radius 2 is 0.805 bits per heavy atom. The minimum atomic E-state index is -0.382. The Balaban J connectivity index is 0.835. The Kier molecular flexibility index (Phi) is 10.0. The maximum Gasteiger partial charge on any atom is 0.162 e. The number of furan rings is 3. The van der Waals surface area contributed by atoms with Crippen LogP contribution in [0.5, 0.6) is 0 Å². The average molecular weight is 1120 g/mol. The summed E-state index contributed by atoms with van der Waals surface area (Å²) in [5.41, 5.74) is 20.9. The standard InChI is InChI=1S/C81H61N3O3/c1-79(2,3)49-20-15-22-51(40-49)82(54-30-34-61-68(43-54)85-66-37-27-46-17-9-12-24-57(46)71(61)66)53-29-33-60-65(42-53)81(7,8)74-64-39-48-19-11-14-26-59(48)73-75(64)84(76(60)74)77-63-36-32-56(45-70(63)87-78(73)77)83(52-23-16-21-50(41-52)80(4,5)6)55-31-35-62-69(44-55)86-67-38-28-47-18-10-13-25-58(47)72(62)67/h9-45H,1-8H3. The Morgan fingerprint density at radius 1 is 0.345 bits per heavy atom. The van der Waals surface area contributed by atoms with Gasteiger partial charge in [0.25, 0.3) is 0 Å². The molecule has 6 heteroatoms. The van der Waals surface area contributed by atoms with Crippen molar-refractivity contribution in [2.24, 2.45) is 0 Å². The molecule has 0 fully saturated rings. The fraction of sp³-hybridized carbons (Fsp3) is 0.136. The van der Waals surface area contributed by atoms with Gasteiger partial charge in [-0.25, -0.2) is 0 Å². The van der Waals surface area contributed by atoms with E-state index in [9.17, 15) is 0 Å². The van der Waals surface area contributed by atoms with E-state index >= 15 is 0 Å². The molecule has 0 spiro atoms. The second-order valence-electron chi connectivity index (χ2n) is 26.9. The Bertz CT molecular complexity index is 5790. The fourth-order valence-electron chi connectivity index (χ4n) is 15.0. The van der Waals surface area contributed by atoms with Gasteiger partial charge in [-0.15, -0.1) is 0 Å². The molecule has 6 nitrogen and oxygen atoms in total. The van der Waals surface area contributed by atoms with Gasteiger partial charge < -0.3 is 27.5 Å². The van der Waals surface area contributed by atoms with Gasteiger partial charge in [0.1, 0.15) is 33.4 Å². The second kappa shape index (κ2) is 17.4. The van der Waals surface area contributed by atoms with Gasteiger partial charge in [-0.1, -0.05) is 171 Å². The first kappa shape index (κ1) is 50.1. The molecule has 0 N–H and O–H groups in total. The van der Waals surface area contributed by atoms with E-state index < -0.39 is 0 Å². The molecule has 0 atom stereocenters. The number of fused-ring (bicyclic) bond motifs is 22. The van der Waals surface area contributed by atoms with E-state index in [0.717, 1.165) is 105 Å². The summed E-state index contributed by atoms with van der Waals surface area (Å²) in [5, 5.41) is 15.1. The topological polar surface area (TPSA) is 50.3 Å². The molecule has 5 aromatic heterocycles. The molecule has 0 aliphatic heterocycles. The number of hydrogen-bond acceptors (Lipinski definition) is 5. The van der Waals surface area contributed by atoms with Crippen molar-refractivity contribution in [1.82, 2.24) is 4.40 Å². The van der Waals surface area contributed by atoms with Crippen molar-refractivity contribution in [2.75, 3.05) is 9.80 Å². The van der Waals surface area contributed by atoms with E-state index in [1.165, 1.54) is 76.7 Å². The van der Waals surface area contributed by atoms with Crippen LogP contribution < -0.4 is 9.80 Å². The van der Waals surface area contributed by atoms with Crippen LogP contribution in [0.4, 0.5) is 34.1 Å². The highest BCUT2D eigenvalue weighted by molar-refractivity contribution is 6.30. The summed E-state index contributed by atoms with van der Waals surface area (Å²) in [6.45, 7) is 18.5. The molecule has 12 aromatic carbocycles. The van der Waals surface area contributed by atoms with E-state index in [2.05, 4.69) is 294 Å². The molecular weight excluding hydrogens is 1060 g/mol. The molecule has 1 aliphatic rings. The number of rotatable bonds is 6. The lowest BCUT2D eigenvalue weighted by atomic mass is 9.81. The van der Waals surface area contributed by atoms with Crippen LogP contribution in [0.2, 0.25) is 0 Å². The highest BCUT2D eigenvalue weighted by Crippen LogP contribution is 2.58. The average Bonchev–Trinajstić information content (AvgIpc) is 1.50. The Morgan fingerprint density at radius 3 is 1.34 bits per heavy atom. The van der Waals surface area contributed by atoms with Crippen molar-refractivity contribution < 1.29 is 13.3 Å². The largest absolute Gasteiger partial charge is 0.456 e. The summed E-state index contributed by atoms with van der Waals surface area (Å²) in [7, 11) is 0. The summed E-state index contributed by atoms with van der Waals surface area (Å²) < 4.78 is 23.5. The molecule has 0 unspecified atom stereocenters. The highest BCUT2D eigenvalue weighted by atomic mass is 16.3. The van der Waals surface area contributed by atoms with Crippen molar-refractivity contribution in [1.29, 1.82) is 0 Å². The Hall–Kier alpha value is -10.3. The lowest BCUT2D eigenvalue weighted by Gasteiger charge is -2.29. The van der Waals surface area contributed by atoms with Gasteiger partial charge in [0.15, 0.2) is 5.58 Å². The van der Waals surface area contributed by atoms with E-state index in [4.69, 9.17) is 13.3 Å². The zero-order valence-corrected chi connectivity index (χ0v) is 49.9. The van der Waals surface area contributed by atoms with E-state index in [1.807, 2.05) is 0 Å². The number of aromatic nitrogens is 1. The van der Waals surface area contributed by atoms with Crippen LogP contribution in [0.15, 0.2) is 238 Å². The number of anilines is 6. The van der Waals surface area contributed by atoms with E-state index in [1.54, 1.807) is 0 Å². The lowest BCUT2D eigenvalue weighted by Crippen LogP contribution is -2.17. The van der Waals surface area contributed by atoms with Crippen LogP contribution in [0.25, 0.3) is 126 Å². The van der Waals surface area contributed by atoms with Crippen molar-refractivity contribution in [3.8, 4) is 11.3 Å². The van der Waals surface area contributed by atoms with Crippen LogP contribution in [0.3, 0.4) is 0 Å². The molecule has 0 radical (unpaired) electrons. The number of nitrogens with zero attached hydrogens (tertiary/aromatic N) is 3. The molecule has 0 saturated carbocycles. The monoisotopic (exact) mass is 1120 g/mol. The smallest absolute Gasteiger partial charge is 0.162 e. The minimum absolute atomic E-state index is 0.0567. The first-order valence-corrected chi connectivity index (χ1v) is 30.5.